The summed E-state index contributed by atoms with van der Waals surface area (Å²) in [6.07, 6.45) is -4.71. The first kappa shape index (κ1) is 15.8. The molecule has 0 aliphatic rings. The van der Waals surface area contributed by atoms with E-state index >= 15 is 0 Å². The molecule has 2 aromatic rings. The predicted octanol–water partition coefficient (Wildman–Crippen LogP) is 5.78. The van der Waals surface area contributed by atoms with E-state index < -0.39 is 17.6 Å². The molecule has 0 amide bonds. The molecule has 0 aliphatic heterocycles. The number of halogens is 5. The number of benzene rings is 2. The molecule has 0 aromatic heterocycles. The highest BCUT2D eigenvalue weighted by Gasteiger charge is 2.34. The van der Waals surface area contributed by atoms with E-state index in [1.54, 1.807) is 0 Å². The summed E-state index contributed by atoms with van der Waals surface area (Å²) < 4.78 is 52.1. The standard InChI is InChI=1S/C15H12BrF4N/c1-9(10-2-4-11(16)5-3-10)21-12-6-7-14(17)13(8-12)15(18,19)20/h2-9,21H,1H3. The van der Waals surface area contributed by atoms with Gasteiger partial charge in [-0.25, -0.2) is 4.39 Å². The Balaban J connectivity index is 2.21. The van der Waals surface area contributed by atoms with E-state index in [0.29, 0.717) is 0 Å². The highest BCUT2D eigenvalue weighted by Crippen LogP contribution is 2.33. The monoisotopic (exact) mass is 361 g/mol. The molecule has 1 unspecified atom stereocenters. The number of rotatable bonds is 3. The minimum absolute atomic E-state index is 0.204. The van der Waals surface area contributed by atoms with Crippen molar-refractivity contribution in [2.75, 3.05) is 5.32 Å². The summed E-state index contributed by atoms with van der Waals surface area (Å²) in [4.78, 5) is 0. The van der Waals surface area contributed by atoms with Crippen LogP contribution in [0, 0.1) is 5.82 Å². The van der Waals surface area contributed by atoms with E-state index in [2.05, 4.69) is 21.2 Å². The number of hydrogen-bond donors (Lipinski definition) is 1. The Bertz CT molecular complexity index is 623. The molecule has 21 heavy (non-hydrogen) atoms. The zero-order chi connectivity index (χ0) is 15.6. The molecule has 6 heteroatoms. The summed E-state index contributed by atoms with van der Waals surface area (Å²) in [6, 6.07) is 10.1. The van der Waals surface area contributed by atoms with Gasteiger partial charge in [-0.1, -0.05) is 28.1 Å². The van der Waals surface area contributed by atoms with Gasteiger partial charge < -0.3 is 5.32 Å². The second-order valence-electron chi connectivity index (χ2n) is 4.61. The van der Waals surface area contributed by atoms with Gasteiger partial charge in [0.25, 0.3) is 0 Å². The molecule has 0 fully saturated rings. The molecule has 0 saturated heterocycles. The molecule has 2 aromatic carbocycles. The van der Waals surface area contributed by atoms with E-state index in [4.69, 9.17) is 0 Å². The van der Waals surface area contributed by atoms with Crippen LogP contribution in [0.25, 0.3) is 0 Å². The van der Waals surface area contributed by atoms with Crippen molar-refractivity contribution in [3.63, 3.8) is 0 Å². The van der Waals surface area contributed by atoms with Crippen molar-refractivity contribution in [3.05, 3.63) is 63.9 Å². The normalized spacial score (nSPS) is 13.0. The molecule has 2 rings (SSSR count). The number of nitrogens with one attached hydrogen (secondary N) is 1. The molecular weight excluding hydrogens is 350 g/mol. The molecule has 0 aliphatic carbocycles. The van der Waals surface area contributed by atoms with Gasteiger partial charge >= 0.3 is 6.18 Å². The fourth-order valence-corrected chi connectivity index (χ4v) is 2.18. The predicted molar refractivity (Wildman–Crippen MR) is 77.6 cm³/mol. The number of anilines is 1. The van der Waals surface area contributed by atoms with E-state index in [9.17, 15) is 17.6 Å². The summed E-state index contributed by atoms with van der Waals surface area (Å²) in [5, 5.41) is 2.94. The summed E-state index contributed by atoms with van der Waals surface area (Å²) in [5.74, 6) is -1.27. The molecule has 0 saturated carbocycles. The average Bonchev–Trinajstić information content (AvgIpc) is 2.40. The topological polar surface area (TPSA) is 12.0 Å². The lowest BCUT2D eigenvalue weighted by molar-refractivity contribution is -0.139. The van der Waals surface area contributed by atoms with Crippen molar-refractivity contribution in [1.29, 1.82) is 0 Å². The molecule has 112 valence electrons. The molecule has 0 heterocycles. The summed E-state index contributed by atoms with van der Waals surface area (Å²) in [5.41, 5.74) is -0.134. The van der Waals surface area contributed by atoms with Crippen LogP contribution in [0.1, 0.15) is 24.1 Å². The van der Waals surface area contributed by atoms with Crippen LogP contribution in [0.5, 0.6) is 0 Å². The second kappa shape index (κ2) is 6.05. The number of alkyl halides is 3. The van der Waals surface area contributed by atoms with Gasteiger partial charge in [-0.05, 0) is 42.8 Å². The lowest BCUT2D eigenvalue weighted by Gasteiger charge is -2.17. The third-order valence-corrected chi connectivity index (χ3v) is 3.55. The van der Waals surface area contributed by atoms with Crippen molar-refractivity contribution in [3.8, 4) is 0 Å². The maximum atomic E-state index is 13.2. The van der Waals surface area contributed by atoms with Gasteiger partial charge in [0.15, 0.2) is 0 Å². The van der Waals surface area contributed by atoms with Crippen LogP contribution in [-0.4, -0.2) is 0 Å². The van der Waals surface area contributed by atoms with Crippen LogP contribution in [0.15, 0.2) is 46.9 Å². The zero-order valence-corrected chi connectivity index (χ0v) is 12.6. The quantitative estimate of drug-likeness (QED) is 0.683. The van der Waals surface area contributed by atoms with Gasteiger partial charge in [-0.2, -0.15) is 13.2 Å². The van der Waals surface area contributed by atoms with E-state index in [0.717, 1.165) is 22.2 Å². The second-order valence-corrected chi connectivity index (χ2v) is 5.53. The van der Waals surface area contributed by atoms with Crippen LogP contribution in [-0.2, 0) is 6.18 Å². The van der Waals surface area contributed by atoms with Crippen molar-refractivity contribution < 1.29 is 17.6 Å². The molecular formula is C15H12BrF4N. The van der Waals surface area contributed by atoms with E-state index in [1.165, 1.54) is 6.07 Å². The van der Waals surface area contributed by atoms with Crippen molar-refractivity contribution in [1.82, 2.24) is 0 Å². The summed E-state index contributed by atoms with van der Waals surface area (Å²) >= 11 is 3.31. The Hall–Kier alpha value is -1.56. The Morgan fingerprint density at radius 2 is 1.67 bits per heavy atom. The Morgan fingerprint density at radius 1 is 1.05 bits per heavy atom. The van der Waals surface area contributed by atoms with Crippen molar-refractivity contribution in [2.45, 2.75) is 19.1 Å². The number of hydrogen-bond acceptors (Lipinski definition) is 1. The van der Waals surface area contributed by atoms with Crippen molar-refractivity contribution >= 4 is 21.6 Å². The lowest BCUT2D eigenvalue weighted by Crippen LogP contribution is -2.11. The highest BCUT2D eigenvalue weighted by molar-refractivity contribution is 9.10. The van der Waals surface area contributed by atoms with E-state index in [1.807, 2.05) is 31.2 Å². The smallest absolute Gasteiger partial charge is 0.379 e. The first-order valence-electron chi connectivity index (χ1n) is 6.16. The third-order valence-electron chi connectivity index (χ3n) is 3.02. The first-order chi connectivity index (χ1) is 9.77. The molecule has 0 radical (unpaired) electrons. The highest BCUT2D eigenvalue weighted by atomic mass is 79.9. The van der Waals surface area contributed by atoms with E-state index in [-0.39, 0.29) is 11.7 Å². The Morgan fingerprint density at radius 3 is 2.24 bits per heavy atom. The zero-order valence-electron chi connectivity index (χ0n) is 11.0. The van der Waals surface area contributed by atoms with Gasteiger partial charge in [0.05, 0.1) is 5.56 Å². The van der Waals surface area contributed by atoms with Gasteiger partial charge in [0, 0.05) is 16.2 Å². The molecule has 1 N–H and O–H groups in total. The lowest BCUT2D eigenvalue weighted by atomic mass is 10.1. The minimum Gasteiger partial charge on any atom is -0.379 e. The molecule has 0 bridgehead atoms. The summed E-state index contributed by atoms with van der Waals surface area (Å²) in [6.45, 7) is 1.82. The van der Waals surface area contributed by atoms with Gasteiger partial charge in [0.1, 0.15) is 5.82 Å². The average molecular weight is 362 g/mol. The van der Waals surface area contributed by atoms with Crippen molar-refractivity contribution in [2.24, 2.45) is 0 Å². The van der Waals surface area contributed by atoms with Gasteiger partial charge in [0.2, 0.25) is 0 Å². The molecule has 1 nitrogen and oxygen atoms in total. The fourth-order valence-electron chi connectivity index (χ4n) is 1.92. The van der Waals surface area contributed by atoms with Gasteiger partial charge in [-0.15, -0.1) is 0 Å². The molecule has 1 atom stereocenters. The Kier molecular flexibility index (Phi) is 4.56. The van der Waals surface area contributed by atoms with Crippen LogP contribution < -0.4 is 5.32 Å². The first-order valence-corrected chi connectivity index (χ1v) is 6.95. The third kappa shape index (κ3) is 3.97. The maximum absolute atomic E-state index is 13.2. The minimum atomic E-state index is -4.71. The fraction of sp³-hybridized carbons (Fsp3) is 0.200. The van der Waals surface area contributed by atoms with Crippen LogP contribution in [0.3, 0.4) is 0 Å². The van der Waals surface area contributed by atoms with Crippen LogP contribution >= 0.6 is 15.9 Å². The SMILES string of the molecule is CC(Nc1ccc(F)c(C(F)(F)F)c1)c1ccc(Br)cc1. The summed E-state index contributed by atoms with van der Waals surface area (Å²) in [7, 11) is 0. The Labute approximate surface area is 128 Å². The van der Waals surface area contributed by atoms with Crippen LogP contribution in [0.4, 0.5) is 23.2 Å². The van der Waals surface area contributed by atoms with Gasteiger partial charge in [-0.3, -0.25) is 0 Å². The van der Waals surface area contributed by atoms with Crippen LogP contribution in [0.2, 0.25) is 0 Å². The maximum Gasteiger partial charge on any atom is 0.419 e. The molecule has 0 spiro atoms. The largest absolute Gasteiger partial charge is 0.419 e.